The van der Waals surface area contributed by atoms with Crippen LogP contribution < -0.4 is 19.6 Å². The van der Waals surface area contributed by atoms with Crippen LogP contribution in [-0.2, 0) is 18.2 Å². The molecule has 0 saturated carbocycles. The Morgan fingerprint density at radius 1 is 0.750 bits per heavy atom. The summed E-state index contributed by atoms with van der Waals surface area (Å²) in [6, 6.07) is 0. The zero-order valence-corrected chi connectivity index (χ0v) is 13.7. The minimum atomic E-state index is -5.31. The lowest BCUT2D eigenvalue weighted by molar-refractivity contribution is -0.357. The molecule has 0 aliphatic heterocycles. The van der Waals surface area contributed by atoms with Crippen LogP contribution in [0, 0.1) is 11.8 Å². The summed E-state index contributed by atoms with van der Waals surface area (Å²) >= 11 is 0. The third-order valence-electron chi connectivity index (χ3n) is 2.35. The molecular formula is C10H20O8P2-4. The first-order valence-electron chi connectivity index (χ1n) is 6.21. The van der Waals surface area contributed by atoms with Gasteiger partial charge in [0, 0.05) is 0 Å². The van der Waals surface area contributed by atoms with E-state index >= 15 is 0 Å². The molecule has 0 bridgehead atoms. The molecule has 8 nitrogen and oxygen atoms in total. The third-order valence-corrected chi connectivity index (χ3v) is 3.41. The molecular weight excluding hydrogens is 310 g/mol. The summed E-state index contributed by atoms with van der Waals surface area (Å²) in [7, 11) is -10.6. The fourth-order valence-corrected chi connectivity index (χ4v) is 2.89. The van der Waals surface area contributed by atoms with Crippen molar-refractivity contribution in [3.05, 3.63) is 0 Å². The van der Waals surface area contributed by atoms with E-state index in [2.05, 4.69) is 9.05 Å². The van der Waals surface area contributed by atoms with Crippen molar-refractivity contribution in [2.45, 2.75) is 52.7 Å². The number of hydrogen-bond acceptors (Lipinski definition) is 8. The Morgan fingerprint density at radius 2 is 1.00 bits per heavy atom. The average molecular weight is 330 g/mol. The van der Waals surface area contributed by atoms with Crippen LogP contribution in [0.1, 0.15) is 40.5 Å². The topological polar surface area (TPSA) is 145 Å². The SMILES string of the molecule is CC(C)C[C@H](OP(=O)([O-])[O-])[C@H](CC(C)C)OP(=O)([O-])[O-]. The summed E-state index contributed by atoms with van der Waals surface area (Å²) in [6.45, 7) is 6.93. The van der Waals surface area contributed by atoms with Gasteiger partial charge in [-0.05, 0) is 24.7 Å². The predicted molar refractivity (Wildman–Crippen MR) is 63.9 cm³/mol. The molecule has 20 heavy (non-hydrogen) atoms. The average Bonchev–Trinajstić information content (AvgIpc) is 2.09. The molecule has 0 aromatic heterocycles. The highest BCUT2D eigenvalue weighted by molar-refractivity contribution is 7.43. The van der Waals surface area contributed by atoms with Gasteiger partial charge in [0.15, 0.2) is 0 Å². The zero-order valence-electron chi connectivity index (χ0n) is 11.9. The standard InChI is InChI=1S/C10H24O8P2/c1-7(2)5-9(17-19(11,12)13)10(6-8(3)4)18-20(14,15)16/h7-10H,5-6H2,1-4H3,(H2,11,12,13)(H2,14,15,16)/p-4/t9-,10-/m0/s1. The minimum Gasteiger partial charge on any atom is -0.790 e. The lowest BCUT2D eigenvalue weighted by Gasteiger charge is -2.41. The van der Waals surface area contributed by atoms with Crippen LogP contribution in [0.3, 0.4) is 0 Å². The number of hydrogen-bond donors (Lipinski definition) is 0. The van der Waals surface area contributed by atoms with Gasteiger partial charge in [-0.1, -0.05) is 27.7 Å². The van der Waals surface area contributed by atoms with E-state index in [1.807, 2.05) is 0 Å². The molecule has 0 aromatic carbocycles. The van der Waals surface area contributed by atoms with E-state index in [0.717, 1.165) is 0 Å². The van der Waals surface area contributed by atoms with Crippen molar-refractivity contribution in [2.75, 3.05) is 0 Å². The monoisotopic (exact) mass is 330 g/mol. The molecule has 2 atom stereocenters. The van der Waals surface area contributed by atoms with Crippen LogP contribution in [0.2, 0.25) is 0 Å². The van der Waals surface area contributed by atoms with E-state index in [1.165, 1.54) is 0 Å². The Balaban J connectivity index is 5.15. The minimum absolute atomic E-state index is 0.0753. The van der Waals surface area contributed by atoms with Gasteiger partial charge in [-0.2, -0.15) is 0 Å². The Kier molecular flexibility index (Phi) is 8.10. The number of phosphoric ester groups is 2. The first kappa shape index (κ1) is 20.2. The van der Waals surface area contributed by atoms with Gasteiger partial charge in [0.1, 0.15) is 0 Å². The summed E-state index contributed by atoms with van der Waals surface area (Å²) in [5.41, 5.74) is 0. The predicted octanol–water partition coefficient (Wildman–Crippen LogP) is -0.494. The Morgan fingerprint density at radius 3 is 1.15 bits per heavy atom. The van der Waals surface area contributed by atoms with Crippen LogP contribution >= 0.6 is 15.6 Å². The van der Waals surface area contributed by atoms with Crippen LogP contribution in [0.5, 0.6) is 0 Å². The molecule has 0 saturated heterocycles. The molecule has 0 unspecified atom stereocenters. The van der Waals surface area contributed by atoms with Gasteiger partial charge >= 0.3 is 0 Å². The zero-order chi connectivity index (χ0) is 16.1. The second-order valence-corrected chi connectivity index (χ2v) is 7.65. The summed E-state index contributed by atoms with van der Waals surface area (Å²) in [6.07, 6.45) is -2.44. The Labute approximate surface area is 119 Å². The first-order valence-corrected chi connectivity index (χ1v) is 9.13. The van der Waals surface area contributed by atoms with E-state index in [-0.39, 0.29) is 24.7 Å². The number of rotatable bonds is 9. The maximum absolute atomic E-state index is 10.7. The molecule has 0 aromatic rings. The molecule has 0 radical (unpaired) electrons. The van der Waals surface area contributed by atoms with E-state index in [0.29, 0.717) is 0 Å². The highest BCUT2D eigenvalue weighted by atomic mass is 31.2. The summed E-state index contributed by atoms with van der Waals surface area (Å²) in [4.78, 5) is 43.0. The van der Waals surface area contributed by atoms with Crippen molar-refractivity contribution in [1.82, 2.24) is 0 Å². The van der Waals surface area contributed by atoms with E-state index in [1.54, 1.807) is 27.7 Å². The first-order chi connectivity index (χ1) is 8.80. The molecule has 122 valence electrons. The second kappa shape index (κ2) is 8.01. The van der Waals surface area contributed by atoms with E-state index in [4.69, 9.17) is 0 Å². The second-order valence-electron chi connectivity index (χ2n) is 5.44. The Hall–Kier alpha value is 0.220. The van der Waals surface area contributed by atoms with Crippen molar-refractivity contribution < 1.29 is 37.8 Å². The molecule has 0 aliphatic carbocycles. The largest absolute Gasteiger partial charge is 0.790 e. The lowest BCUT2D eigenvalue weighted by Crippen LogP contribution is -2.38. The summed E-state index contributed by atoms with van der Waals surface area (Å²) in [5.74, 6) is -0.162. The van der Waals surface area contributed by atoms with E-state index < -0.39 is 27.9 Å². The molecule has 0 heterocycles. The highest BCUT2D eigenvalue weighted by Gasteiger charge is 2.27. The van der Waals surface area contributed by atoms with Gasteiger partial charge in [0.2, 0.25) is 0 Å². The molecule has 0 N–H and O–H groups in total. The van der Waals surface area contributed by atoms with Crippen LogP contribution in [0.4, 0.5) is 0 Å². The maximum atomic E-state index is 10.7. The maximum Gasteiger partial charge on any atom is 0.0895 e. The van der Waals surface area contributed by atoms with Crippen molar-refractivity contribution >= 4 is 15.6 Å². The van der Waals surface area contributed by atoms with E-state index in [9.17, 15) is 28.7 Å². The van der Waals surface area contributed by atoms with Crippen LogP contribution in [0.25, 0.3) is 0 Å². The van der Waals surface area contributed by atoms with Gasteiger partial charge in [-0.25, -0.2) is 0 Å². The highest BCUT2D eigenvalue weighted by Crippen LogP contribution is 2.38. The molecule has 0 rings (SSSR count). The molecule has 0 fully saturated rings. The van der Waals surface area contributed by atoms with Crippen LogP contribution in [0.15, 0.2) is 0 Å². The smallest absolute Gasteiger partial charge is 0.0895 e. The van der Waals surface area contributed by atoms with Crippen molar-refractivity contribution in [3.63, 3.8) is 0 Å². The van der Waals surface area contributed by atoms with Crippen LogP contribution in [-0.4, -0.2) is 12.2 Å². The van der Waals surface area contributed by atoms with Crippen molar-refractivity contribution in [2.24, 2.45) is 11.8 Å². The quantitative estimate of drug-likeness (QED) is 0.515. The molecule has 0 aliphatic rings. The molecule has 10 heteroatoms. The molecule has 0 amide bonds. The van der Waals surface area contributed by atoms with Crippen molar-refractivity contribution in [1.29, 1.82) is 0 Å². The van der Waals surface area contributed by atoms with Gasteiger partial charge < -0.3 is 37.8 Å². The van der Waals surface area contributed by atoms with Gasteiger partial charge in [-0.15, -0.1) is 0 Å². The normalized spacial score (nSPS) is 16.7. The Bertz CT molecular complexity index is 335. The van der Waals surface area contributed by atoms with Gasteiger partial charge in [0.25, 0.3) is 0 Å². The molecule has 0 spiro atoms. The summed E-state index contributed by atoms with van der Waals surface area (Å²) < 4.78 is 30.3. The number of phosphoric acid groups is 2. The van der Waals surface area contributed by atoms with Crippen molar-refractivity contribution in [3.8, 4) is 0 Å². The van der Waals surface area contributed by atoms with Gasteiger partial charge in [-0.3, -0.25) is 0 Å². The third kappa shape index (κ3) is 10.9. The summed E-state index contributed by atoms with van der Waals surface area (Å²) in [5, 5.41) is 0. The lowest BCUT2D eigenvalue weighted by atomic mass is 9.96. The fraction of sp³-hybridized carbons (Fsp3) is 1.00. The fourth-order valence-electron chi connectivity index (χ4n) is 1.79. The van der Waals surface area contributed by atoms with Gasteiger partial charge in [0.05, 0.1) is 27.9 Å².